The van der Waals surface area contributed by atoms with Crippen LogP contribution >= 0.6 is 0 Å². The Kier molecular flexibility index (Phi) is 7.91. The molecular formula is C27H35N3O4S. The van der Waals surface area contributed by atoms with Gasteiger partial charge >= 0.3 is 0 Å². The highest BCUT2D eigenvalue weighted by Gasteiger charge is 2.36. The first-order valence-corrected chi connectivity index (χ1v) is 14.0. The molecule has 2 atom stereocenters. The van der Waals surface area contributed by atoms with Gasteiger partial charge in [-0.3, -0.25) is 9.59 Å². The molecule has 2 fully saturated rings. The standard InChI is InChI=1S/C27H35N3O4S/c1-3-20(2)24-11-7-8-12-25(24)30-19-22(17-26(30)31)27(32)28-18-21-13-15-29(16-14-21)35(33,34)23-9-5-4-6-10-23/h4-12,20-22H,3,13-19H2,1-2H3,(H,28,32). The molecule has 2 aliphatic rings. The number of sulfonamides is 1. The molecule has 7 nitrogen and oxygen atoms in total. The van der Waals surface area contributed by atoms with Crippen molar-refractivity contribution < 1.29 is 18.0 Å². The molecule has 1 N–H and O–H groups in total. The Labute approximate surface area is 208 Å². The molecule has 0 saturated carbocycles. The van der Waals surface area contributed by atoms with Gasteiger partial charge in [0.25, 0.3) is 0 Å². The zero-order valence-corrected chi connectivity index (χ0v) is 21.3. The van der Waals surface area contributed by atoms with Gasteiger partial charge in [0.05, 0.1) is 10.8 Å². The summed E-state index contributed by atoms with van der Waals surface area (Å²) in [6, 6.07) is 16.5. The second-order valence-electron chi connectivity index (χ2n) is 9.68. The first-order chi connectivity index (χ1) is 16.8. The molecule has 35 heavy (non-hydrogen) atoms. The van der Waals surface area contributed by atoms with Crippen LogP contribution < -0.4 is 10.2 Å². The van der Waals surface area contributed by atoms with Gasteiger partial charge in [0, 0.05) is 38.3 Å². The number of para-hydroxylation sites is 1. The number of nitrogens with one attached hydrogen (secondary N) is 1. The lowest BCUT2D eigenvalue weighted by Crippen LogP contribution is -2.42. The maximum Gasteiger partial charge on any atom is 0.243 e. The molecule has 188 valence electrons. The number of carbonyl (C=O) groups excluding carboxylic acids is 2. The fourth-order valence-corrected chi connectivity index (χ4v) is 6.46. The van der Waals surface area contributed by atoms with E-state index in [-0.39, 0.29) is 30.1 Å². The van der Waals surface area contributed by atoms with Gasteiger partial charge in [-0.15, -0.1) is 0 Å². The number of anilines is 1. The van der Waals surface area contributed by atoms with E-state index in [1.54, 1.807) is 35.2 Å². The Morgan fingerprint density at radius 3 is 2.40 bits per heavy atom. The Morgan fingerprint density at radius 1 is 1.06 bits per heavy atom. The van der Waals surface area contributed by atoms with E-state index in [1.807, 2.05) is 18.2 Å². The molecule has 0 spiro atoms. The lowest BCUT2D eigenvalue weighted by atomic mass is 9.96. The number of carbonyl (C=O) groups is 2. The summed E-state index contributed by atoms with van der Waals surface area (Å²) >= 11 is 0. The van der Waals surface area contributed by atoms with E-state index in [2.05, 4.69) is 25.2 Å². The summed E-state index contributed by atoms with van der Waals surface area (Å²) in [6.45, 7) is 6.07. The summed E-state index contributed by atoms with van der Waals surface area (Å²) in [7, 11) is -3.48. The Bertz CT molecular complexity index is 1140. The topological polar surface area (TPSA) is 86.8 Å². The van der Waals surface area contributed by atoms with Gasteiger partial charge in [-0.1, -0.05) is 50.2 Å². The molecule has 2 aromatic rings. The molecule has 4 rings (SSSR count). The highest BCUT2D eigenvalue weighted by molar-refractivity contribution is 7.89. The van der Waals surface area contributed by atoms with Crippen molar-refractivity contribution in [3.63, 3.8) is 0 Å². The molecule has 0 aliphatic carbocycles. The van der Waals surface area contributed by atoms with Crippen molar-refractivity contribution >= 4 is 27.5 Å². The van der Waals surface area contributed by atoms with Gasteiger partial charge < -0.3 is 10.2 Å². The molecule has 2 aliphatic heterocycles. The summed E-state index contributed by atoms with van der Waals surface area (Å²) < 4.78 is 27.2. The molecule has 2 amide bonds. The third-order valence-electron chi connectivity index (χ3n) is 7.39. The van der Waals surface area contributed by atoms with Gasteiger partial charge in [-0.25, -0.2) is 8.42 Å². The summed E-state index contributed by atoms with van der Waals surface area (Å²) in [5.41, 5.74) is 2.05. The van der Waals surface area contributed by atoms with Crippen molar-refractivity contribution in [2.75, 3.05) is 31.1 Å². The minimum absolute atomic E-state index is 0.0136. The number of nitrogens with zero attached hydrogens (tertiary/aromatic N) is 2. The largest absolute Gasteiger partial charge is 0.356 e. The quantitative estimate of drug-likeness (QED) is 0.602. The monoisotopic (exact) mass is 497 g/mol. The van der Waals surface area contributed by atoms with Crippen LogP contribution in [-0.2, 0) is 19.6 Å². The Hall–Kier alpha value is -2.71. The average Bonchev–Trinajstić information content (AvgIpc) is 3.29. The van der Waals surface area contributed by atoms with Crippen molar-refractivity contribution in [2.45, 2.75) is 50.3 Å². The van der Waals surface area contributed by atoms with Gasteiger partial charge in [-0.05, 0) is 54.9 Å². The van der Waals surface area contributed by atoms with Crippen LogP contribution in [0.5, 0.6) is 0 Å². The molecule has 2 aromatic carbocycles. The third-order valence-corrected chi connectivity index (χ3v) is 9.30. The smallest absolute Gasteiger partial charge is 0.243 e. The van der Waals surface area contributed by atoms with Crippen LogP contribution in [-0.4, -0.2) is 50.7 Å². The van der Waals surface area contributed by atoms with Crippen LogP contribution in [0.3, 0.4) is 0 Å². The van der Waals surface area contributed by atoms with E-state index in [1.165, 1.54) is 4.31 Å². The fourth-order valence-electron chi connectivity index (χ4n) is 4.97. The van der Waals surface area contributed by atoms with Crippen molar-refractivity contribution in [1.82, 2.24) is 9.62 Å². The molecule has 2 unspecified atom stereocenters. The number of hydrogen-bond donors (Lipinski definition) is 1. The number of piperidine rings is 1. The molecule has 2 saturated heterocycles. The van der Waals surface area contributed by atoms with Crippen LogP contribution in [0.1, 0.15) is 51.0 Å². The summed E-state index contributed by atoms with van der Waals surface area (Å²) in [4.78, 5) is 27.8. The second-order valence-corrected chi connectivity index (χ2v) is 11.6. The van der Waals surface area contributed by atoms with E-state index >= 15 is 0 Å². The normalized spacial score (nSPS) is 20.7. The molecule has 0 aromatic heterocycles. The fraction of sp³-hybridized carbons (Fsp3) is 0.481. The van der Waals surface area contributed by atoms with Crippen molar-refractivity contribution in [3.8, 4) is 0 Å². The first kappa shape index (κ1) is 25.4. The van der Waals surface area contributed by atoms with Crippen LogP contribution in [0.15, 0.2) is 59.5 Å². The van der Waals surface area contributed by atoms with Crippen LogP contribution in [0, 0.1) is 11.8 Å². The first-order valence-electron chi connectivity index (χ1n) is 12.5. The highest BCUT2D eigenvalue weighted by Crippen LogP contribution is 2.33. The Morgan fingerprint density at radius 2 is 1.71 bits per heavy atom. The summed E-state index contributed by atoms with van der Waals surface area (Å²) in [5.74, 6) is 0.0801. The number of rotatable bonds is 8. The minimum atomic E-state index is -3.48. The maximum absolute atomic E-state index is 12.9. The zero-order chi connectivity index (χ0) is 25.0. The predicted octanol–water partition coefficient (Wildman–Crippen LogP) is 3.77. The molecule has 0 bridgehead atoms. The maximum atomic E-state index is 12.9. The van der Waals surface area contributed by atoms with E-state index in [0.717, 1.165) is 17.7 Å². The lowest BCUT2D eigenvalue weighted by molar-refractivity contribution is -0.126. The Balaban J connectivity index is 1.29. The SMILES string of the molecule is CCC(C)c1ccccc1N1CC(C(=O)NCC2CCN(S(=O)(=O)c3ccccc3)CC2)CC1=O. The van der Waals surface area contributed by atoms with E-state index < -0.39 is 10.0 Å². The van der Waals surface area contributed by atoms with Gasteiger partial charge in [0.15, 0.2) is 0 Å². The predicted molar refractivity (Wildman–Crippen MR) is 137 cm³/mol. The summed E-state index contributed by atoms with van der Waals surface area (Å²) in [5, 5.41) is 3.03. The molecule has 8 heteroatoms. The van der Waals surface area contributed by atoms with Crippen molar-refractivity contribution in [2.24, 2.45) is 11.8 Å². The zero-order valence-electron chi connectivity index (χ0n) is 20.5. The summed E-state index contributed by atoms with van der Waals surface area (Å²) in [6.07, 6.45) is 2.59. The van der Waals surface area contributed by atoms with E-state index in [0.29, 0.717) is 49.8 Å². The van der Waals surface area contributed by atoms with E-state index in [4.69, 9.17) is 0 Å². The highest BCUT2D eigenvalue weighted by atomic mass is 32.2. The van der Waals surface area contributed by atoms with Gasteiger partial charge in [-0.2, -0.15) is 4.31 Å². The third kappa shape index (κ3) is 5.59. The molecule has 0 radical (unpaired) electrons. The van der Waals surface area contributed by atoms with Crippen molar-refractivity contribution in [1.29, 1.82) is 0 Å². The van der Waals surface area contributed by atoms with Gasteiger partial charge in [0.1, 0.15) is 0 Å². The second kappa shape index (κ2) is 10.9. The van der Waals surface area contributed by atoms with Crippen molar-refractivity contribution in [3.05, 3.63) is 60.2 Å². The van der Waals surface area contributed by atoms with Crippen LogP contribution in [0.2, 0.25) is 0 Å². The molecule has 2 heterocycles. The molecular weight excluding hydrogens is 462 g/mol. The number of hydrogen-bond acceptors (Lipinski definition) is 4. The number of amides is 2. The van der Waals surface area contributed by atoms with Crippen LogP contribution in [0.4, 0.5) is 5.69 Å². The average molecular weight is 498 g/mol. The number of benzene rings is 2. The minimum Gasteiger partial charge on any atom is -0.356 e. The van der Waals surface area contributed by atoms with Crippen LogP contribution in [0.25, 0.3) is 0 Å². The lowest BCUT2D eigenvalue weighted by Gasteiger charge is -2.31. The van der Waals surface area contributed by atoms with Gasteiger partial charge in [0.2, 0.25) is 21.8 Å². The van der Waals surface area contributed by atoms with E-state index in [9.17, 15) is 18.0 Å².